The quantitative estimate of drug-likeness (QED) is 0.679. The van der Waals surface area contributed by atoms with E-state index < -0.39 is 0 Å². The maximum atomic E-state index is 11.6. The van der Waals surface area contributed by atoms with Gasteiger partial charge in [0.2, 0.25) is 0 Å². The van der Waals surface area contributed by atoms with Crippen LogP contribution in [0.5, 0.6) is 0 Å². The van der Waals surface area contributed by atoms with Crippen LogP contribution in [0.4, 0.5) is 5.69 Å². The average Bonchev–Trinajstić information content (AvgIpc) is 3.04. The largest absolute Gasteiger partial charge is 0.454 e. The molecule has 0 amide bonds. The van der Waals surface area contributed by atoms with Gasteiger partial charge in [-0.05, 0) is 38.1 Å². The van der Waals surface area contributed by atoms with Gasteiger partial charge in [-0.1, -0.05) is 18.2 Å². The highest BCUT2D eigenvalue weighted by Gasteiger charge is 2.24. The summed E-state index contributed by atoms with van der Waals surface area (Å²) in [5.41, 5.74) is 2.75. The first-order valence-electron chi connectivity index (χ1n) is 8.49. The number of pyridine rings is 1. The zero-order valence-corrected chi connectivity index (χ0v) is 14.3. The van der Waals surface area contributed by atoms with Crippen molar-refractivity contribution in [3.8, 4) is 11.5 Å². The van der Waals surface area contributed by atoms with Crippen LogP contribution >= 0.6 is 0 Å². The van der Waals surface area contributed by atoms with Crippen molar-refractivity contribution in [2.24, 2.45) is 0 Å². The molecule has 0 unspecified atom stereocenters. The second kappa shape index (κ2) is 6.33. The zero-order chi connectivity index (χ0) is 17.4. The van der Waals surface area contributed by atoms with Gasteiger partial charge in [-0.3, -0.25) is 4.79 Å². The summed E-state index contributed by atoms with van der Waals surface area (Å²) in [6, 6.07) is 13.6. The molecule has 5 nitrogen and oxygen atoms in total. The number of benzene rings is 1. The Balaban J connectivity index is 1.71. The Bertz CT molecular complexity index is 875. The summed E-state index contributed by atoms with van der Waals surface area (Å²) < 4.78 is 11.6. The van der Waals surface area contributed by atoms with Gasteiger partial charge in [-0.2, -0.15) is 0 Å². The monoisotopic (exact) mass is 336 g/mol. The molecule has 3 aromatic rings. The Kier molecular flexibility index (Phi) is 4.01. The standard InChI is InChI=1S/C20H20N2O3/c1-13-10-22(11-14(2)24-13)18-8-7-16(21-17(18)12-23)20-9-15-5-3-4-6-19(15)25-20/h3-9,12-14H,10-11H2,1-2H3/t13-,14+. The summed E-state index contributed by atoms with van der Waals surface area (Å²) in [5, 5.41) is 1.02. The Hall–Kier alpha value is -2.66. The zero-order valence-electron chi connectivity index (χ0n) is 14.3. The molecule has 0 aliphatic carbocycles. The molecule has 2 aromatic heterocycles. The molecule has 1 aliphatic rings. The number of carbonyl (C=O) groups excluding carboxylic acids is 1. The molecule has 4 rings (SSSR count). The second-order valence-electron chi connectivity index (χ2n) is 6.53. The number of aldehydes is 1. The predicted octanol–water partition coefficient (Wildman–Crippen LogP) is 3.92. The number of hydrogen-bond donors (Lipinski definition) is 0. The third-order valence-electron chi connectivity index (χ3n) is 4.45. The highest BCUT2D eigenvalue weighted by molar-refractivity contribution is 5.85. The summed E-state index contributed by atoms with van der Waals surface area (Å²) in [6.07, 6.45) is 1.06. The Morgan fingerprint density at radius 3 is 2.60 bits per heavy atom. The lowest BCUT2D eigenvalue weighted by Crippen LogP contribution is -2.45. The number of nitrogens with zero attached hydrogens (tertiary/aromatic N) is 2. The minimum absolute atomic E-state index is 0.123. The minimum Gasteiger partial charge on any atom is -0.454 e. The minimum atomic E-state index is 0.123. The van der Waals surface area contributed by atoms with Crippen LogP contribution < -0.4 is 4.90 Å². The normalized spacial score (nSPS) is 20.8. The number of morpholine rings is 1. The number of rotatable bonds is 3. The van der Waals surface area contributed by atoms with Crippen LogP contribution in [0.3, 0.4) is 0 Å². The first-order chi connectivity index (χ1) is 12.1. The SMILES string of the molecule is C[C@@H]1CN(c2ccc(-c3cc4ccccc4o3)nc2C=O)C[C@H](C)O1. The van der Waals surface area contributed by atoms with E-state index in [-0.39, 0.29) is 12.2 Å². The molecular formula is C20H20N2O3. The number of furan rings is 1. The molecule has 3 heterocycles. The van der Waals surface area contributed by atoms with Gasteiger partial charge in [-0.25, -0.2) is 4.98 Å². The van der Waals surface area contributed by atoms with Crippen LogP contribution in [-0.2, 0) is 4.74 Å². The highest BCUT2D eigenvalue weighted by Crippen LogP contribution is 2.29. The lowest BCUT2D eigenvalue weighted by atomic mass is 10.1. The molecule has 0 radical (unpaired) electrons. The maximum Gasteiger partial charge on any atom is 0.170 e. The van der Waals surface area contributed by atoms with Crippen molar-refractivity contribution in [3.63, 3.8) is 0 Å². The average molecular weight is 336 g/mol. The Morgan fingerprint density at radius 1 is 1.12 bits per heavy atom. The fraction of sp³-hybridized carbons (Fsp3) is 0.300. The van der Waals surface area contributed by atoms with Crippen LogP contribution in [0.15, 0.2) is 46.9 Å². The molecular weight excluding hydrogens is 316 g/mol. The molecule has 0 N–H and O–H groups in total. The molecule has 1 saturated heterocycles. The van der Waals surface area contributed by atoms with Crippen LogP contribution in [-0.4, -0.2) is 36.6 Å². The summed E-state index contributed by atoms with van der Waals surface area (Å²) in [7, 11) is 0. The fourth-order valence-electron chi connectivity index (χ4n) is 3.44. The molecule has 0 bridgehead atoms. The molecule has 5 heteroatoms. The van der Waals surface area contributed by atoms with Crippen LogP contribution in [0.1, 0.15) is 24.3 Å². The smallest absolute Gasteiger partial charge is 0.170 e. The van der Waals surface area contributed by atoms with E-state index in [9.17, 15) is 4.79 Å². The van der Waals surface area contributed by atoms with E-state index in [0.717, 1.165) is 36.0 Å². The van der Waals surface area contributed by atoms with Gasteiger partial charge in [0.1, 0.15) is 17.0 Å². The van der Waals surface area contributed by atoms with E-state index in [4.69, 9.17) is 9.15 Å². The van der Waals surface area contributed by atoms with Gasteiger partial charge >= 0.3 is 0 Å². The fourth-order valence-corrected chi connectivity index (χ4v) is 3.44. The van der Waals surface area contributed by atoms with Crippen LogP contribution in [0.2, 0.25) is 0 Å². The van der Waals surface area contributed by atoms with E-state index in [0.29, 0.717) is 17.1 Å². The van der Waals surface area contributed by atoms with E-state index in [2.05, 4.69) is 9.88 Å². The second-order valence-corrected chi connectivity index (χ2v) is 6.53. The summed E-state index contributed by atoms with van der Waals surface area (Å²) in [6.45, 7) is 5.58. The van der Waals surface area contributed by atoms with E-state index >= 15 is 0 Å². The number of ether oxygens (including phenoxy) is 1. The van der Waals surface area contributed by atoms with Crippen molar-refractivity contribution in [2.75, 3.05) is 18.0 Å². The van der Waals surface area contributed by atoms with Gasteiger partial charge in [-0.15, -0.1) is 0 Å². The number of anilines is 1. The first-order valence-corrected chi connectivity index (χ1v) is 8.49. The van der Waals surface area contributed by atoms with Crippen molar-refractivity contribution in [1.82, 2.24) is 4.98 Å². The van der Waals surface area contributed by atoms with Crippen molar-refractivity contribution in [2.45, 2.75) is 26.1 Å². The summed E-state index contributed by atoms with van der Waals surface area (Å²) >= 11 is 0. The highest BCUT2D eigenvalue weighted by atomic mass is 16.5. The van der Waals surface area contributed by atoms with Gasteiger partial charge < -0.3 is 14.1 Å². The number of fused-ring (bicyclic) bond motifs is 1. The predicted molar refractivity (Wildman–Crippen MR) is 97.1 cm³/mol. The Labute approximate surface area is 146 Å². The molecule has 2 atom stereocenters. The van der Waals surface area contributed by atoms with Crippen LogP contribution in [0, 0.1) is 0 Å². The third kappa shape index (κ3) is 3.03. The first kappa shape index (κ1) is 15.8. The van der Waals surface area contributed by atoms with E-state index in [1.165, 1.54) is 0 Å². The van der Waals surface area contributed by atoms with Crippen molar-refractivity contribution in [3.05, 3.63) is 48.2 Å². The molecule has 1 aromatic carbocycles. The topological polar surface area (TPSA) is 55.6 Å². The lowest BCUT2D eigenvalue weighted by Gasteiger charge is -2.37. The molecule has 0 spiro atoms. The molecule has 1 aliphatic heterocycles. The summed E-state index contributed by atoms with van der Waals surface area (Å²) in [4.78, 5) is 18.3. The number of aromatic nitrogens is 1. The Morgan fingerprint density at radius 2 is 1.88 bits per heavy atom. The molecule has 25 heavy (non-hydrogen) atoms. The van der Waals surface area contributed by atoms with Crippen molar-refractivity contribution >= 4 is 22.9 Å². The van der Waals surface area contributed by atoms with Crippen molar-refractivity contribution in [1.29, 1.82) is 0 Å². The molecule has 1 fully saturated rings. The number of para-hydroxylation sites is 1. The van der Waals surface area contributed by atoms with Gasteiger partial charge in [0.25, 0.3) is 0 Å². The number of hydrogen-bond acceptors (Lipinski definition) is 5. The van der Waals surface area contributed by atoms with E-state index in [1.54, 1.807) is 0 Å². The lowest BCUT2D eigenvalue weighted by molar-refractivity contribution is -0.00527. The van der Waals surface area contributed by atoms with Crippen LogP contribution in [0.25, 0.3) is 22.4 Å². The van der Waals surface area contributed by atoms with Gasteiger partial charge in [0, 0.05) is 18.5 Å². The van der Waals surface area contributed by atoms with Gasteiger partial charge in [0.05, 0.1) is 17.9 Å². The maximum absolute atomic E-state index is 11.6. The van der Waals surface area contributed by atoms with Crippen molar-refractivity contribution < 1.29 is 13.9 Å². The number of carbonyl (C=O) groups is 1. The summed E-state index contributed by atoms with van der Waals surface area (Å²) in [5.74, 6) is 0.666. The molecule has 0 saturated carbocycles. The molecule has 128 valence electrons. The van der Waals surface area contributed by atoms with E-state index in [1.807, 2.05) is 56.3 Å². The van der Waals surface area contributed by atoms with Gasteiger partial charge in [0.15, 0.2) is 12.0 Å². The third-order valence-corrected chi connectivity index (χ3v) is 4.45.